The molecular formula is C22H24N4O3. The molecule has 0 radical (unpaired) electrons. The summed E-state index contributed by atoms with van der Waals surface area (Å²) < 4.78 is 11.6. The molecule has 0 saturated carbocycles. The summed E-state index contributed by atoms with van der Waals surface area (Å²) in [6.45, 7) is 6.76. The van der Waals surface area contributed by atoms with Crippen LogP contribution in [0.1, 0.15) is 52.2 Å². The highest BCUT2D eigenvalue weighted by Crippen LogP contribution is 2.34. The minimum atomic E-state index is -0.127. The lowest BCUT2D eigenvalue weighted by Crippen LogP contribution is -2.39. The van der Waals surface area contributed by atoms with Crippen molar-refractivity contribution in [1.29, 1.82) is 0 Å². The van der Waals surface area contributed by atoms with Crippen LogP contribution in [0.15, 0.2) is 41.1 Å². The monoisotopic (exact) mass is 392 g/mol. The first-order valence-electron chi connectivity index (χ1n) is 9.80. The number of hydrogen-bond donors (Lipinski definition) is 0. The first-order chi connectivity index (χ1) is 14.0. The van der Waals surface area contributed by atoms with Gasteiger partial charge in [-0.25, -0.2) is 9.97 Å². The number of carbonyl (C=O) groups is 1. The number of amides is 1. The van der Waals surface area contributed by atoms with E-state index in [2.05, 4.69) is 15.0 Å². The molecule has 2 aromatic heterocycles. The van der Waals surface area contributed by atoms with Crippen molar-refractivity contribution in [3.8, 4) is 11.6 Å². The van der Waals surface area contributed by atoms with E-state index in [-0.39, 0.29) is 11.8 Å². The zero-order valence-electron chi connectivity index (χ0n) is 16.9. The molecule has 1 aromatic carbocycles. The number of nitrogens with zero attached hydrogens (tertiary/aromatic N) is 4. The number of para-hydroxylation sites is 1. The maximum Gasteiger partial charge on any atom is 0.291 e. The molecular weight excluding hydrogens is 368 g/mol. The second-order valence-corrected chi connectivity index (χ2v) is 7.35. The van der Waals surface area contributed by atoms with Crippen molar-refractivity contribution >= 4 is 5.91 Å². The fourth-order valence-corrected chi connectivity index (χ4v) is 3.73. The number of hydrogen-bond acceptors (Lipinski definition) is 6. The van der Waals surface area contributed by atoms with Crippen molar-refractivity contribution in [2.75, 3.05) is 13.1 Å². The molecule has 7 nitrogen and oxygen atoms in total. The Balaban J connectivity index is 1.57. The number of benzene rings is 1. The van der Waals surface area contributed by atoms with Crippen LogP contribution in [0.2, 0.25) is 0 Å². The molecule has 150 valence electrons. The van der Waals surface area contributed by atoms with Gasteiger partial charge in [0.15, 0.2) is 5.89 Å². The van der Waals surface area contributed by atoms with E-state index in [1.165, 1.54) is 0 Å². The van der Waals surface area contributed by atoms with Crippen LogP contribution in [0.4, 0.5) is 0 Å². The van der Waals surface area contributed by atoms with Gasteiger partial charge in [0.25, 0.3) is 5.91 Å². The Bertz CT molecular complexity index is 1030. The summed E-state index contributed by atoms with van der Waals surface area (Å²) in [7, 11) is 0. The first-order valence-corrected chi connectivity index (χ1v) is 9.80. The summed E-state index contributed by atoms with van der Waals surface area (Å²) in [5.41, 5.74) is 2.43. The van der Waals surface area contributed by atoms with Gasteiger partial charge in [-0.2, -0.15) is 0 Å². The highest BCUT2D eigenvalue weighted by Gasteiger charge is 2.31. The molecule has 0 aliphatic carbocycles. The van der Waals surface area contributed by atoms with E-state index < -0.39 is 0 Å². The largest absolute Gasteiger partial charge is 0.437 e. The van der Waals surface area contributed by atoms with Crippen molar-refractivity contribution in [3.05, 3.63) is 65.3 Å². The molecule has 0 bridgehead atoms. The van der Waals surface area contributed by atoms with Crippen LogP contribution < -0.4 is 4.74 Å². The van der Waals surface area contributed by atoms with Crippen LogP contribution in [0.5, 0.6) is 11.6 Å². The third-order valence-electron chi connectivity index (χ3n) is 5.18. The van der Waals surface area contributed by atoms with Gasteiger partial charge in [0.1, 0.15) is 11.4 Å². The molecule has 1 fully saturated rings. The molecule has 0 N–H and O–H groups in total. The van der Waals surface area contributed by atoms with Gasteiger partial charge >= 0.3 is 0 Å². The summed E-state index contributed by atoms with van der Waals surface area (Å²) in [6.07, 6.45) is 5.10. The van der Waals surface area contributed by atoms with Crippen LogP contribution in [-0.4, -0.2) is 38.8 Å². The summed E-state index contributed by atoms with van der Waals surface area (Å²) >= 11 is 0. The highest BCUT2D eigenvalue weighted by atomic mass is 16.5. The Kier molecular flexibility index (Phi) is 5.29. The Morgan fingerprint density at radius 2 is 1.97 bits per heavy atom. The zero-order chi connectivity index (χ0) is 20.4. The van der Waals surface area contributed by atoms with E-state index >= 15 is 0 Å². The van der Waals surface area contributed by atoms with Crippen LogP contribution in [-0.2, 0) is 0 Å². The van der Waals surface area contributed by atoms with E-state index in [0.717, 1.165) is 29.8 Å². The number of aromatic nitrogens is 3. The second-order valence-electron chi connectivity index (χ2n) is 7.35. The second kappa shape index (κ2) is 8.03. The van der Waals surface area contributed by atoms with Gasteiger partial charge in [0, 0.05) is 38.3 Å². The van der Waals surface area contributed by atoms with Crippen LogP contribution in [0.3, 0.4) is 0 Å². The van der Waals surface area contributed by atoms with E-state index in [9.17, 15) is 4.79 Å². The molecule has 1 unspecified atom stereocenters. The van der Waals surface area contributed by atoms with Gasteiger partial charge in [-0.15, -0.1) is 0 Å². The molecule has 3 aromatic rings. The van der Waals surface area contributed by atoms with Crippen molar-refractivity contribution in [2.45, 2.75) is 39.5 Å². The molecule has 0 spiro atoms. The predicted octanol–water partition coefficient (Wildman–Crippen LogP) is 4.20. The average Bonchev–Trinajstić information content (AvgIpc) is 3.07. The van der Waals surface area contributed by atoms with Gasteiger partial charge in [0.05, 0.1) is 5.69 Å². The smallest absolute Gasteiger partial charge is 0.291 e. The Hall–Kier alpha value is -3.22. The molecule has 1 atom stereocenters. The lowest BCUT2D eigenvalue weighted by Gasteiger charge is -2.32. The predicted molar refractivity (Wildman–Crippen MR) is 107 cm³/mol. The van der Waals surface area contributed by atoms with E-state index in [1.807, 2.05) is 36.1 Å². The highest BCUT2D eigenvalue weighted by molar-refractivity contribution is 5.92. The average molecular weight is 392 g/mol. The minimum absolute atomic E-state index is 0.0461. The van der Waals surface area contributed by atoms with Crippen LogP contribution >= 0.6 is 0 Å². The number of ether oxygens (including phenoxy) is 1. The number of rotatable bonds is 4. The van der Waals surface area contributed by atoms with Gasteiger partial charge in [-0.05, 0) is 38.3 Å². The molecule has 1 aliphatic rings. The fraction of sp³-hybridized carbons (Fsp3) is 0.364. The van der Waals surface area contributed by atoms with E-state index in [0.29, 0.717) is 36.3 Å². The Labute approximate surface area is 169 Å². The summed E-state index contributed by atoms with van der Waals surface area (Å²) in [6, 6.07) is 7.81. The quantitative estimate of drug-likeness (QED) is 0.662. The summed E-state index contributed by atoms with van der Waals surface area (Å²) in [5.74, 6) is 1.99. The summed E-state index contributed by atoms with van der Waals surface area (Å²) in [4.78, 5) is 28.0. The van der Waals surface area contributed by atoms with E-state index in [1.54, 1.807) is 26.2 Å². The third kappa shape index (κ3) is 3.99. The van der Waals surface area contributed by atoms with Crippen molar-refractivity contribution in [2.24, 2.45) is 0 Å². The van der Waals surface area contributed by atoms with E-state index in [4.69, 9.17) is 9.15 Å². The van der Waals surface area contributed by atoms with Gasteiger partial charge in [0.2, 0.25) is 11.6 Å². The third-order valence-corrected chi connectivity index (χ3v) is 5.18. The SMILES string of the molecule is Cc1nc(C)c(C(=O)N2CCCC(c3nccnc3Oc3ccccc3C)C2)o1. The number of oxazole rings is 1. The first kappa shape index (κ1) is 19.1. The lowest BCUT2D eigenvalue weighted by molar-refractivity contribution is 0.0670. The molecule has 7 heteroatoms. The molecule has 3 heterocycles. The molecule has 1 amide bonds. The van der Waals surface area contributed by atoms with Crippen molar-refractivity contribution in [1.82, 2.24) is 19.9 Å². The molecule has 1 aliphatic heterocycles. The van der Waals surface area contributed by atoms with Crippen molar-refractivity contribution in [3.63, 3.8) is 0 Å². The van der Waals surface area contributed by atoms with Crippen LogP contribution in [0.25, 0.3) is 0 Å². The Morgan fingerprint density at radius 1 is 1.17 bits per heavy atom. The number of likely N-dealkylation sites (tertiary alicyclic amines) is 1. The lowest BCUT2D eigenvalue weighted by atomic mass is 9.94. The van der Waals surface area contributed by atoms with Gasteiger partial charge < -0.3 is 14.1 Å². The topological polar surface area (TPSA) is 81.4 Å². The maximum atomic E-state index is 13.0. The van der Waals surface area contributed by atoms with Crippen LogP contribution in [0, 0.1) is 20.8 Å². The minimum Gasteiger partial charge on any atom is -0.437 e. The number of piperidine rings is 1. The number of carbonyl (C=O) groups excluding carboxylic acids is 1. The molecule has 29 heavy (non-hydrogen) atoms. The normalized spacial score (nSPS) is 16.7. The zero-order valence-corrected chi connectivity index (χ0v) is 16.9. The fourth-order valence-electron chi connectivity index (χ4n) is 3.73. The maximum absolute atomic E-state index is 13.0. The van der Waals surface area contributed by atoms with Gasteiger partial charge in [-0.1, -0.05) is 18.2 Å². The standard InChI is InChI=1S/C22H24N4O3/c1-14-7-4-5-9-18(14)29-21-19(23-10-11-24-21)17-8-6-12-26(13-17)22(27)20-15(2)25-16(3)28-20/h4-5,7,9-11,17H,6,8,12-13H2,1-3H3. The molecule has 1 saturated heterocycles. The number of aryl methyl sites for hydroxylation is 3. The summed E-state index contributed by atoms with van der Waals surface area (Å²) in [5, 5.41) is 0. The van der Waals surface area contributed by atoms with Crippen molar-refractivity contribution < 1.29 is 13.9 Å². The van der Waals surface area contributed by atoms with Gasteiger partial charge in [-0.3, -0.25) is 9.78 Å². The Morgan fingerprint density at radius 3 is 2.72 bits per heavy atom. The molecule has 4 rings (SSSR count).